The normalized spacial score (nSPS) is 12.7. The summed E-state index contributed by atoms with van der Waals surface area (Å²) in [6.07, 6.45) is 0. The highest BCUT2D eigenvalue weighted by molar-refractivity contribution is 6.85. The molecule has 0 saturated heterocycles. The van der Waals surface area contributed by atoms with Crippen LogP contribution in [0.1, 0.15) is 13.8 Å². The van der Waals surface area contributed by atoms with E-state index in [0.717, 1.165) is 12.1 Å². The Labute approximate surface area is 97.5 Å². The van der Waals surface area contributed by atoms with Crippen LogP contribution in [0.4, 0.5) is 0 Å². The lowest BCUT2D eigenvalue weighted by Gasteiger charge is -2.34. The highest BCUT2D eigenvalue weighted by atomic mass is 28.4. The van der Waals surface area contributed by atoms with Gasteiger partial charge in [-0.1, -0.05) is 11.1 Å². The monoisotopic (exact) mass is 242 g/mol. The molecule has 0 saturated carbocycles. The fourth-order valence-corrected chi connectivity index (χ4v) is 11.7. The van der Waals surface area contributed by atoms with E-state index in [1.165, 1.54) is 11.1 Å². The summed E-state index contributed by atoms with van der Waals surface area (Å²) in [5.74, 6) is 0. The van der Waals surface area contributed by atoms with Crippen molar-refractivity contribution in [2.45, 2.75) is 52.1 Å². The molecule has 0 atom stereocenters. The molecule has 1 nitrogen and oxygen atoms in total. The molecule has 3 heteroatoms. The Bertz CT molecular complexity index is 228. The van der Waals surface area contributed by atoms with Gasteiger partial charge in [0.2, 0.25) is 0 Å². The van der Waals surface area contributed by atoms with E-state index in [1.54, 1.807) is 0 Å². The summed E-state index contributed by atoms with van der Waals surface area (Å²) >= 11 is 0. The second-order valence-corrected chi connectivity index (χ2v) is 14.5. The van der Waals surface area contributed by atoms with Crippen molar-refractivity contribution in [3.63, 3.8) is 0 Å². The highest BCUT2D eigenvalue weighted by Crippen LogP contribution is 2.25. The van der Waals surface area contributed by atoms with Gasteiger partial charge in [-0.25, -0.2) is 0 Å². The van der Waals surface area contributed by atoms with Gasteiger partial charge in [-0.2, -0.15) is 0 Å². The minimum absolute atomic E-state index is 1.07. The molecule has 0 aromatic rings. The summed E-state index contributed by atoms with van der Waals surface area (Å²) in [5.41, 5.74) is 2.48. The molecule has 0 unspecified atom stereocenters. The van der Waals surface area contributed by atoms with Gasteiger partial charge in [0.15, 0.2) is 16.6 Å². The minimum atomic E-state index is -1.55. The van der Waals surface area contributed by atoms with Crippen molar-refractivity contribution >= 4 is 16.6 Å². The van der Waals surface area contributed by atoms with Crippen molar-refractivity contribution in [1.82, 2.24) is 0 Å². The van der Waals surface area contributed by atoms with Gasteiger partial charge in [0.05, 0.1) is 0 Å². The summed E-state index contributed by atoms with van der Waals surface area (Å²) in [4.78, 5) is 0. The lowest BCUT2D eigenvalue weighted by atomic mass is 10.4. The van der Waals surface area contributed by atoms with Gasteiger partial charge in [0.25, 0.3) is 0 Å². The molecule has 15 heavy (non-hydrogen) atoms. The van der Waals surface area contributed by atoms with E-state index in [-0.39, 0.29) is 0 Å². The van der Waals surface area contributed by atoms with Crippen LogP contribution in [-0.2, 0) is 4.12 Å². The van der Waals surface area contributed by atoms with E-state index in [4.69, 9.17) is 4.12 Å². The molecule has 0 aromatic heterocycles. The Morgan fingerprint density at radius 1 is 0.867 bits per heavy atom. The van der Waals surface area contributed by atoms with Crippen molar-refractivity contribution < 1.29 is 4.12 Å². The highest BCUT2D eigenvalue weighted by Gasteiger charge is 2.32. The van der Waals surface area contributed by atoms with Crippen LogP contribution < -0.4 is 0 Å². The van der Waals surface area contributed by atoms with Gasteiger partial charge in [-0.05, 0) is 52.1 Å². The molecular formula is C12H26OSi2. The number of rotatable bonds is 6. The van der Waals surface area contributed by atoms with E-state index >= 15 is 0 Å². The van der Waals surface area contributed by atoms with Crippen LogP contribution in [0.2, 0.25) is 38.3 Å². The third kappa shape index (κ3) is 7.76. The van der Waals surface area contributed by atoms with E-state index < -0.39 is 16.6 Å². The first-order valence-electron chi connectivity index (χ1n) is 5.53. The third-order valence-electron chi connectivity index (χ3n) is 2.01. The van der Waals surface area contributed by atoms with E-state index in [2.05, 4.69) is 53.2 Å². The van der Waals surface area contributed by atoms with Crippen LogP contribution >= 0.6 is 0 Å². The molecule has 0 fully saturated rings. The Kier molecular flexibility index (Phi) is 5.23. The predicted octanol–water partition coefficient (Wildman–Crippen LogP) is 4.57. The first kappa shape index (κ1) is 14.9. The maximum absolute atomic E-state index is 6.40. The molecule has 0 amide bonds. The average molecular weight is 243 g/mol. The lowest BCUT2D eigenvalue weighted by Crippen LogP contribution is -2.44. The Morgan fingerprint density at radius 2 is 1.13 bits per heavy atom. The zero-order valence-electron chi connectivity index (χ0n) is 11.2. The Balaban J connectivity index is 4.42. The summed E-state index contributed by atoms with van der Waals surface area (Å²) in [5, 5.41) is 0. The first-order valence-corrected chi connectivity index (χ1v) is 11.8. The third-order valence-corrected chi connectivity index (χ3v) is 9.34. The van der Waals surface area contributed by atoms with Crippen LogP contribution in [-0.4, -0.2) is 16.6 Å². The summed E-state index contributed by atoms with van der Waals surface area (Å²) in [7, 11) is -3.10. The molecule has 0 radical (unpaired) electrons. The molecule has 0 aromatic carbocycles. The Hall–Kier alpha value is -0.126. The summed E-state index contributed by atoms with van der Waals surface area (Å²) in [6, 6.07) is 2.14. The zero-order chi connectivity index (χ0) is 12.3. The summed E-state index contributed by atoms with van der Waals surface area (Å²) < 4.78 is 6.40. The molecule has 0 N–H and O–H groups in total. The van der Waals surface area contributed by atoms with Crippen LogP contribution in [0, 0.1) is 0 Å². The second-order valence-electron chi connectivity index (χ2n) is 5.89. The molecule has 88 valence electrons. The van der Waals surface area contributed by atoms with Gasteiger partial charge in [0.1, 0.15) is 0 Å². The predicted molar refractivity (Wildman–Crippen MR) is 75.3 cm³/mol. The van der Waals surface area contributed by atoms with Gasteiger partial charge in [-0.3, -0.25) is 0 Å². The maximum Gasteiger partial charge on any atom is 0.177 e. The molecule has 0 spiro atoms. The quantitative estimate of drug-likeness (QED) is 0.490. The first-order chi connectivity index (χ1) is 6.54. The fraction of sp³-hybridized carbons (Fsp3) is 0.667. The van der Waals surface area contributed by atoms with E-state index in [0.29, 0.717) is 0 Å². The molecule has 0 aliphatic rings. The topological polar surface area (TPSA) is 9.23 Å². The van der Waals surface area contributed by atoms with Crippen LogP contribution in [0.3, 0.4) is 0 Å². The van der Waals surface area contributed by atoms with Crippen molar-refractivity contribution in [3.05, 3.63) is 24.3 Å². The molecule has 0 aliphatic heterocycles. The smallest absolute Gasteiger partial charge is 0.177 e. The van der Waals surface area contributed by atoms with Crippen molar-refractivity contribution in [1.29, 1.82) is 0 Å². The van der Waals surface area contributed by atoms with Crippen LogP contribution in [0.25, 0.3) is 0 Å². The zero-order valence-corrected chi connectivity index (χ0v) is 13.2. The Morgan fingerprint density at radius 3 is 1.33 bits per heavy atom. The molecule has 0 heterocycles. The molecule has 0 rings (SSSR count). The maximum atomic E-state index is 6.40. The average Bonchev–Trinajstić information content (AvgIpc) is 1.73. The summed E-state index contributed by atoms with van der Waals surface area (Å²) in [6.45, 7) is 21.3. The number of allylic oxidation sites excluding steroid dienone is 2. The van der Waals surface area contributed by atoms with Crippen molar-refractivity contribution in [3.8, 4) is 0 Å². The number of hydrogen-bond donors (Lipinski definition) is 0. The van der Waals surface area contributed by atoms with Crippen molar-refractivity contribution in [2.75, 3.05) is 0 Å². The van der Waals surface area contributed by atoms with Gasteiger partial charge >= 0.3 is 0 Å². The fourth-order valence-electron chi connectivity index (χ4n) is 2.27. The van der Waals surface area contributed by atoms with Crippen molar-refractivity contribution in [2.24, 2.45) is 0 Å². The molecule has 0 aliphatic carbocycles. The van der Waals surface area contributed by atoms with Crippen LogP contribution in [0.5, 0.6) is 0 Å². The number of hydrogen-bond acceptors (Lipinski definition) is 1. The van der Waals surface area contributed by atoms with Gasteiger partial charge < -0.3 is 4.12 Å². The lowest BCUT2D eigenvalue weighted by molar-refractivity contribution is 0.545. The molecule has 0 bridgehead atoms. The van der Waals surface area contributed by atoms with Crippen LogP contribution in [0.15, 0.2) is 24.3 Å². The largest absolute Gasteiger partial charge is 0.455 e. The standard InChI is InChI=1S/C12H26OSi2/c1-11(2)9-14(5,6)13-15(7,8)10-12(3)4/h1,3,9-10H2,2,4-8H3. The SMILES string of the molecule is C=C(C)C[Si](C)(C)O[Si](C)(C)CC(=C)C. The molecular weight excluding hydrogens is 216 g/mol. The van der Waals surface area contributed by atoms with Gasteiger partial charge in [0, 0.05) is 0 Å². The minimum Gasteiger partial charge on any atom is -0.455 e. The van der Waals surface area contributed by atoms with E-state index in [1.807, 2.05) is 0 Å². The van der Waals surface area contributed by atoms with E-state index in [9.17, 15) is 0 Å². The van der Waals surface area contributed by atoms with Gasteiger partial charge in [-0.15, -0.1) is 13.2 Å². The second kappa shape index (κ2) is 5.28.